The van der Waals surface area contributed by atoms with Crippen LogP contribution in [0.5, 0.6) is 0 Å². The minimum Gasteiger partial charge on any atom is -0.387 e. The molecule has 0 spiro atoms. The van der Waals surface area contributed by atoms with E-state index in [1.807, 2.05) is 27.7 Å². The number of imidazole rings is 1. The fraction of sp³-hybridized carbons (Fsp3) is 0.773. The van der Waals surface area contributed by atoms with Gasteiger partial charge in [-0.25, -0.2) is 28.6 Å². The predicted molar refractivity (Wildman–Crippen MR) is 168 cm³/mol. The molecule has 0 saturated carbocycles. The zero-order chi connectivity index (χ0) is 37.7. The van der Waals surface area contributed by atoms with Crippen molar-refractivity contribution in [1.29, 1.82) is 0 Å². The molecule has 0 aromatic carbocycles. The van der Waals surface area contributed by atoms with E-state index in [4.69, 9.17) is 44.1 Å². The molecule has 1 saturated heterocycles. The average molecular weight is 774 g/mol. The lowest BCUT2D eigenvalue weighted by molar-refractivity contribution is -0.0503. The van der Waals surface area contributed by atoms with Crippen LogP contribution in [-0.4, -0.2) is 128 Å². The zero-order valence-electron chi connectivity index (χ0n) is 27.9. The average Bonchev–Trinajstić information content (AvgIpc) is 3.55. The van der Waals surface area contributed by atoms with Gasteiger partial charge in [-0.15, -0.1) is 0 Å². The van der Waals surface area contributed by atoms with Gasteiger partial charge in [-0.05, 0) is 27.7 Å². The van der Waals surface area contributed by atoms with Gasteiger partial charge in [0, 0.05) is 28.4 Å². The number of rotatable bonds is 16. The molecule has 0 radical (unpaired) electrons. The van der Waals surface area contributed by atoms with Gasteiger partial charge in [-0.3, -0.25) is 19.7 Å². The van der Waals surface area contributed by atoms with Crippen LogP contribution in [0.4, 0.5) is 5.82 Å². The molecule has 0 amide bonds. The van der Waals surface area contributed by atoms with Gasteiger partial charge in [-0.1, -0.05) is 0 Å². The summed E-state index contributed by atoms with van der Waals surface area (Å²) in [7, 11) is -10.1. The number of ether oxygens (including phenoxy) is 5. The van der Waals surface area contributed by atoms with Gasteiger partial charge >= 0.3 is 23.5 Å². The van der Waals surface area contributed by atoms with Crippen LogP contribution >= 0.6 is 23.5 Å². The minimum atomic E-state index is -5.70. The Morgan fingerprint density at radius 2 is 1.31 bits per heavy atom. The van der Waals surface area contributed by atoms with Crippen LogP contribution in [0.1, 0.15) is 33.9 Å². The number of hydrogen-bond acceptors (Lipinski definition) is 19. The fourth-order valence-electron chi connectivity index (χ4n) is 3.56. The Bertz CT molecular complexity index is 1390. The second-order valence-corrected chi connectivity index (χ2v) is 14.3. The van der Waals surface area contributed by atoms with E-state index in [-0.39, 0.29) is 41.9 Å². The molecule has 3 heterocycles. The minimum absolute atomic E-state index is 0.0426. The number of nitrogens with one attached hydrogen (secondary N) is 2. The Morgan fingerprint density at radius 3 is 1.76 bits per heavy atom. The summed E-state index contributed by atoms with van der Waals surface area (Å²) < 4.78 is 71.6. The summed E-state index contributed by atoms with van der Waals surface area (Å²) in [5.41, 5.74) is 6.00. The first-order chi connectivity index (χ1) is 22.6. The summed E-state index contributed by atoms with van der Waals surface area (Å²) in [6.07, 6.45) is -3.47. The Morgan fingerprint density at radius 1 is 0.816 bits per heavy atom. The largest absolute Gasteiger partial charge is 0.490 e. The van der Waals surface area contributed by atoms with Crippen molar-refractivity contribution in [2.75, 3.05) is 40.8 Å². The molecule has 27 heteroatoms. The smallest absolute Gasteiger partial charge is 0.387 e. The quantitative estimate of drug-likeness (QED) is 0.0766. The third-order valence-corrected chi connectivity index (χ3v) is 9.97. The maximum atomic E-state index is 11.8. The molecule has 2 aromatic heterocycles. The lowest BCUT2D eigenvalue weighted by Gasteiger charge is -2.19. The molecule has 0 aliphatic carbocycles. The molecule has 0 bridgehead atoms. The van der Waals surface area contributed by atoms with E-state index in [1.165, 1.54) is 10.9 Å². The Balaban J connectivity index is 0.000000547. The van der Waals surface area contributed by atoms with Crippen LogP contribution in [-0.2, 0) is 50.5 Å². The number of phosphoric ester groups is 1. The number of nitrogen functional groups attached to an aromatic ring is 1. The van der Waals surface area contributed by atoms with Crippen molar-refractivity contribution >= 4 is 40.4 Å². The third kappa shape index (κ3) is 16.1. The molecule has 49 heavy (non-hydrogen) atoms. The van der Waals surface area contributed by atoms with Crippen LogP contribution < -0.4 is 16.4 Å². The first-order valence-corrected chi connectivity index (χ1v) is 18.5. The lowest BCUT2D eigenvalue weighted by atomic mass is 10.1. The number of nitrogens with two attached hydrogens (primary N) is 1. The molecule has 1 fully saturated rings. The van der Waals surface area contributed by atoms with Gasteiger partial charge in [-0.2, -0.15) is 8.62 Å². The van der Waals surface area contributed by atoms with E-state index in [0.717, 1.165) is 6.33 Å². The maximum Gasteiger partial charge on any atom is 0.490 e. The van der Waals surface area contributed by atoms with Crippen LogP contribution in [0, 0.1) is 0 Å². The summed E-state index contributed by atoms with van der Waals surface area (Å²) in [5, 5.41) is 26.5. The maximum absolute atomic E-state index is 11.8. The highest BCUT2D eigenvalue weighted by Crippen LogP contribution is 2.66. The summed E-state index contributed by atoms with van der Waals surface area (Å²) in [4.78, 5) is 47.2. The number of anilines is 1. The van der Waals surface area contributed by atoms with E-state index in [2.05, 4.69) is 38.7 Å². The van der Waals surface area contributed by atoms with Crippen molar-refractivity contribution in [2.45, 2.75) is 77.1 Å². The highest BCUT2D eigenvalue weighted by atomic mass is 31.3. The number of aliphatic hydroxyl groups excluding tert-OH is 2. The van der Waals surface area contributed by atoms with Crippen molar-refractivity contribution in [3.63, 3.8) is 0 Å². The van der Waals surface area contributed by atoms with Gasteiger partial charge in [0.25, 0.3) is 0 Å². The van der Waals surface area contributed by atoms with E-state index in [1.54, 1.807) is 28.4 Å². The third-order valence-electron chi connectivity index (χ3n) is 6.17. The van der Waals surface area contributed by atoms with E-state index in [9.17, 15) is 28.8 Å². The number of methoxy groups -OCH3 is 4. The first kappa shape index (κ1) is 45.4. The van der Waals surface area contributed by atoms with Gasteiger partial charge < -0.3 is 59.2 Å². The van der Waals surface area contributed by atoms with Crippen molar-refractivity contribution < 1.29 is 80.3 Å². The highest BCUT2D eigenvalue weighted by Gasteiger charge is 2.47. The van der Waals surface area contributed by atoms with Crippen molar-refractivity contribution in [2.24, 2.45) is 0 Å². The molecule has 1 aliphatic heterocycles. The van der Waals surface area contributed by atoms with Crippen molar-refractivity contribution in [1.82, 2.24) is 30.2 Å². The number of fused-ring (bicyclic) bond motifs is 1. The fourth-order valence-corrected chi connectivity index (χ4v) is 6.59. The molecular formula is C22H46N7O17P3. The topological polar surface area (TPSA) is 340 Å². The summed E-state index contributed by atoms with van der Waals surface area (Å²) in [5.74, 6) is 0.0426. The molecular weight excluding hydrogens is 727 g/mol. The molecule has 24 nitrogen and oxygen atoms in total. The van der Waals surface area contributed by atoms with Crippen LogP contribution in [0.3, 0.4) is 0 Å². The van der Waals surface area contributed by atoms with Gasteiger partial charge in [0.1, 0.15) is 55.1 Å². The highest BCUT2D eigenvalue weighted by molar-refractivity contribution is 7.66. The second kappa shape index (κ2) is 20.4. The predicted octanol–water partition coefficient (Wildman–Crippen LogP) is -0.507. The number of aromatic nitrogens is 4. The summed E-state index contributed by atoms with van der Waals surface area (Å²) in [6, 6.07) is 0. The van der Waals surface area contributed by atoms with Crippen molar-refractivity contribution in [3.05, 3.63) is 12.7 Å². The van der Waals surface area contributed by atoms with E-state index >= 15 is 0 Å². The number of phosphoric acid groups is 3. The molecule has 2 aromatic rings. The number of nitrogens with zero attached hydrogens (tertiary/aromatic N) is 4. The molecule has 3 rings (SSSR count). The summed E-state index contributed by atoms with van der Waals surface area (Å²) in [6.45, 7) is 6.75. The van der Waals surface area contributed by atoms with E-state index in [0.29, 0.717) is 0 Å². The van der Waals surface area contributed by atoms with Crippen LogP contribution in [0.2, 0.25) is 0 Å². The van der Waals surface area contributed by atoms with Gasteiger partial charge in [0.05, 0.1) is 12.9 Å². The van der Waals surface area contributed by atoms with Crippen molar-refractivity contribution in [3.8, 4) is 0 Å². The second-order valence-electron chi connectivity index (χ2n) is 9.86. The molecule has 1 aliphatic rings. The van der Waals surface area contributed by atoms with E-state index < -0.39 is 54.6 Å². The molecule has 6 unspecified atom stereocenters. The first-order valence-electron chi connectivity index (χ1n) is 14.0. The lowest BCUT2D eigenvalue weighted by Crippen LogP contribution is -2.36. The van der Waals surface area contributed by atoms with Gasteiger partial charge in [0.15, 0.2) is 17.7 Å². The standard InChI is InChI=1S/C10H16N5O13P3.2C6H15NO2/c11-8-5-9(13-2-12-8)15(3-14-5)10-7(17)6(16)4(26-10)1-25-30(21,22)28-31(23,24)27-29(18,19)20;2*1-5(8-3)7-6(2)9-4/h2-4,6-7,10,16-17H,1H2,(H,21,22)(H,23,24)(H2,11,12,13)(H2,18,19,20);2*5-7H,1-4H3/t4-,6-,7-,10-;;/m1../s1. The Kier molecular flexibility index (Phi) is 18.9. The Labute approximate surface area is 281 Å². The normalized spacial score (nSPS) is 24.4. The monoisotopic (exact) mass is 773 g/mol. The number of hydrogen-bond donors (Lipinski definition) is 9. The van der Waals surface area contributed by atoms with Gasteiger partial charge in [0.2, 0.25) is 0 Å². The summed E-state index contributed by atoms with van der Waals surface area (Å²) >= 11 is 0. The van der Waals surface area contributed by atoms with Crippen LogP contribution in [0.25, 0.3) is 11.2 Å². The zero-order valence-corrected chi connectivity index (χ0v) is 30.5. The van der Waals surface area contributed by atoms with Crippen LogP contribution in [0.15, 0.2) is 12.7 Å². The molecule has 286 valence electrons. The number of aliphatic hydroxyl groups is 2. The SMILES string of the molecule is COC(C)NC(C)OC.COC(C)NC(C)OC.Nc1ncnc2c1ncn2[C@@H]1O[C@H](COP(=O)(O)OP(=O)(O)OP(=O)(O)O)[C@@H](O)[C@H]1O. The molecule has 10 atom stereocenters. The molecule has 10 N–H and O–H groups in total. The Hall–Kier alpha value is -1.60.